The first kappa shape index (κ1) is 21.9. The third kappa shape index (κ3) is 5.05. The van der Waals surface area contributed by atoms with Crippen molar-refractivity contribution in [3.63, 3.8) is 0 Å². The molecule has 0 aliphatic heterocycles. The molecule has 0 radical (unpaired) electrons. The average Bonchev–Trinajstić information content (AvgIpc) is 3.08. The highest BCUT2D eigenvalue weighted by atomic mass is 32.2. The van der Waals surface area contributed by atoms with Gasteiger partial charge in [-0.25, -0.2) is 9.97 Å². The first-order valence-electron chi connectivity index (χ1n) is 9.24. The van der Waals surface area contributed by atoms with Gasteiger partial charge < -0.3 is 5.32 Å². The van der Waals surface area contributed by atoms with Crippen molar-refractivity contribution in [1.82, 2.24) is 19.7 Å². The normalized spacial score (nSPS) is 12.9. The van der Waals surface area contributed by atoms with Gasteiger partial charge in [0.15, 0.2) is 0 Å². The summed E-state index contributed by atoms with van der Waals surface area (Å²) in [5.74, 6) is 0.888. The van der Waals surface area contributed by atoms with Crippen molar-refractivity contribution in [3.05, 3.63) is 47.9 Å². The van der Waals surface area contributed by atoms with Crippen molar-refractivity contribution in [2.75, 3.05) is 11.1 Å². The Morgan fingerprint density at radius 1 is 1.23 bits per heavy atom. The Kier molecular flexibility index (Phi) is 6.25. The van der Waals surface area contributed by atoms with Crippen molar-refractivity contribution in [2.45, 2.75) is 31.8 Å². The van der Waals surface area contributed by atoms with E-state index in [1.165, 1.54) is 17.1 Å². The van der Waals surface area contributed by atoms with E-state index in [0.29, 0.717) is 22.3 Å². The second kappa shape index (κ2) is 8.55. The molecule has 160 valence electrons. The number of nitrogens with zero attached hydrogens (tertiary/aromatic N) is 4. The molecule has 0 saturated carbocycles. The lowest BCUT2D eigenvalue weighted by Gasteiger charge is -2.14. The Morgan fingerprint density at radius 3 is 2.53 bits per heavy atom. The van der Waals surface area contributed by atoms with Gasteiger partial charge in [-0.2, -0.15) is 18.3 Å². The highest BCUT2D eigenvalue weighted by Gasteiger charge is 2.35. The van der Waals surface area contributed by atoms with Crippen molar-refractivity contribution < 1.29 is 17.4 Å². The Balaban J connectivity index is 1.93. The van der Waals surface area contributed by atoms with E-state index in [2.05, 4.69) is 20.4 Å². The number of hydrogen-bond donors (Lipinski definition) is 1. The molecule has 10 heteroatoms. The van der Waals surface area contributed by atoms with Gasteiger partial charge in [0, 0.05) is 41.3 Å². The number of aromatic nitrogens is 4. The maximum Gasteiger partial charge on any atom is 0.419 e. The minimum Gasteiger partial charge on any atom is -0.324 e. The molecule has 1 atom stereocenters. The van der Waals surface area contributed by atoms with Crippen LogP contribution in [0.4, 0.5) is 24.8 Å². The highest BCUT2D eigenvalue weighted by molar-refractivity contribution is 7.85. The molecule has 1 N–H and O–H groups in total. The van der Waals surface area contributed by atoms with Gasteiger partial charge in [-0.15, -0.1) is 0 Å². The Bertz CT molecular complexity index is 1080. The number of nitrogens with one attached hydrogen (secondary N) is 1. The molecule has 0 aliphatic rings. The molecular formula is C20H22F3N5OS. The van der Waals surface area contributed by atoms with Crippen LogP contribution in [0.25, 0.3) is 11.3 Å². The SMILES string of the molecule is Cc1cc(S(=O)CC(C)C)ccc1Nc1ncc(C(F)(F)F)c(-c2cnn(C)c2)n1. The first-order valence-corrected chi connectivity index (χ1v) is 10.6. The summed E-state index contributed by atoms with van der Waals surface area (Å²) in [4.78, 5) is 8.65. The fourth-order valence-corrected chi connectivity index (χ4v) is 4.18. The fraction of sp³-hybridized carbons (Fsp3) is 0.350. The van der Waals surface area contributed by atoms with Crippen LogP contribution in [0.3, 0.4) is 0 Å². The van der Waals surface area contributed by atoms with E-state index < -0.39 is 22.5 Å². The molecule has 0 amide bonds. The molecular weight excluding hydrogens is 415 g/mol. The van der Waals surface area contributed by atoms with Crippen LogP contribution in [-0.4, -0.2) is 29.7 Å². The van der Waals surface area contributed by atoms with Crippen LogP contribution < -0.4 is 5.32 Å². The molecule has 1 aromatic carbocycles. The summed E-state index contributed by atoms with van der Waals surface area (Å²) in [6, 6.07) is 5.26. The van der Waals surface area contributed by atoms with E-state index in [4.69, 9.17) is 0 Å². The van der Waals surface area contributed by atoms with Gasteiger partial charge in [0.05, 0.1) is 22.7 Å². The average molecular weight is 437 g/mol. The summed E-state index contributed by atoms with van der Waals surface area (Å²) in [5.41, 5.74) is 0.470. The first-order chi connectivity index (χ1) is 14.0. The third-order valence-corrected chi connectivity index (χ3v) is 6.01. The summed E-state index contributed by atoms with van der Waals surface area (Å²) < 4.78 is 54.0. The fourth-order valence-electron chi connectivity index (χ4n) is 2.85. The molecule has 0 bridgehead atoms. The molecule has 3 rings (SSSR count). The second-order valence-electron chi connectivity index (χ2n) is 7.36. The summed E-state index contributed by atoms with van der Waals surface area (Å²) in [6.45, 7) is 5.83. The Morgan fingerprint density at radius 2 is 1.97 bits per heavy atom. The quantitative estimate of drug-likeness (QED) is 0.605. The van der Waals surface area contributed by atoms with Gasteiger partial charge in [0.25, 0.3) is 0 Å². The van der Waals surface area contributed by atoms with Crippen molar-refractivity contribution in [1.29, 1.82) is 0 Å². The molecule has 0 spiro atoms. The van der Waals surface area contributed by atoms with Gasteiger partial charge in [-0.1, -0.05) is 13.8 Å². The number of alkyl halides is 3. The van der Waals surface area contributed by atoms with E-state index in [1.807, 2.05) is 20.8 Å². The maximum atomic E-state index is 13.4. The number of hydrogen-bond acceptors (Lipinski definition) is 5. The van der Waals surface area contributed by atoms with E-state index >= 15 is 0 Å². The minimum atomic E-state index is -4.60. The van der Waals surface area contributed by atoms with E-state index in [1.54, 1.807) is 25.2 Å². The summed E-state index contributed by atoms with van der Waals surface area (Å²) in [6.07, 6.45) is -1.04. The standard InChI is InChI=1S/C20H22F3N5OS/c1-12(2)11-30(29)15-5-6-17(13(3)7-15)26-19-24-9-16(20(21,22)23)18(27-19)14-8-25-28(4)10-14/h5-10,12H,11H2,1-4H3,(H,24,26,27). The van der Waals surface area contributed by atoms with Crippen LogP contribution in [-0.2, 0) is 24.0 Å². The van der Waals surface area contributed by atoms with Crippen LogP contribution in [0, 0.1) is 12.8 Å². The smallest absolute Gasteiger partial charge is 0.324 e. The lowest BCUT2D eigenvalue weighted by molar-refractivity contribution is -0.137. The van der Waals surface area contributed by atoms with Crippen molar-refractivity contribution in [2.24, 2.45) is 13.0 Å². The maximum absolute atomic E-state index is 13.4. The zero-order valence-electron chi connectivity index (χ0n) is 17.0. The number of anilines is 2. The molecule has 0 saturated heterocycles. The number of benzene rings is 1. The van der Waals surface area contributed by atoms with Crippen LogP contribution >= 0.6 is 0 Å². The predicted octanol–water partition coefficient (Wildman–Crippen LogP) is 4.71. The molecule has 1 unspecified atom stereocenters. The van der Waals surface area contributed by atoms with E-state index in [0.717, 1.165) is 11.8 Å². The highest BCUT2D eigenvalue weighted by Crippen LogP contribution is 2.36. The second-order valence-corrected chi connectivity index (χ2v) is 8.86. The predicted molar refractivity (Wildman–Crippen MR) is 110 cm³/mol. The third-order valence-electron chi connectivity index (χ3n) is 4.26. The van der Waals surface area contributed by atoms with E-state index in [9.17, 15) is 17.4 Å². The summed E-state index contributed by atoms with van der Waals surface area (Å²) in [5, 5.41) is 6.89. The minimum absolute atomic E-state index is 0.0287. The van der Waals surface area contributed by atoms with Crippen LogP contribution in [0.5, 0.6) is 0 Å². The molecule has 30 heavy (non-hydrogen) atoms. The lowest BCUT2D eigenvalue weighted by atomic mass is 10.1. The van der Waals surface area contributed by atoms with Gasteiger partial charge in [-0.3, -0.25) is 8.89 Å². The van der Waals surface area contributed by atoms with Gasteiger partial charge >= 0.3 is 6.18 Å². The lowest BCUT2D eigenvalue weighted by Crippen LogP contribution is -2.11. The largest absolute Gasteiger partial charge is 0.419 e. The summed E-state index contributed by atoms with van der Waals surface area (Å²) >= 11 is 0. The molecule has 0 aliphatic carbocycles. The van der Waals surface area contributed by atoms with E-state index in [-0.39, 0.29) is 17.2 Å². The topological polar surface area (TPSA) is 72.7 Å². The molecule has 3 aromatic rings. The molecule has 2 aromatic heterocycles. The number of rotatable bonds is 6. The van der Waals surface area contributed by atoms with Crippen LogP contribution in [0.2, 0.25) is 0 Å². The van der Waals surface area contributed by atoms with Crippen LogP contribution in [0.1, 0.15) is 25.0 Å². The Hall–Kier alpha value is -2.75. The number of halogens is 3. The van der Waals surface area contributed by atoms with Gasteiger partial charge in [0.1, 0.15) is 5.56 Å². The zero-order chi connectivity index (χ0) is 22.1. The van der Waals surface area contributed by atoms with Crippen LogP contribution in [0.15, 0.2) is 41.7 Å². The van der Waals surface area contributed by atoms with Crippen molar-refractivity contribution >= 4 is 22.4 Å². The monoisotopic (exact) mass is 437 g/mol. The Labute approximate surface area is 175 Å². The molecule has 6 nitrogen and oxygen atoms in total. The van der Waals surface area contributed by atoms with Gasteiger partial charge in [-0.05, 0) is 36.6 Å². The van der Waals surface area contributed by atoms with Crippen molar-refractivity contribution in [3.8, 4) is 11.3 Å². The summed E-state index contributed by atoms with van der Waals surface area (Å²) in [7, 11) is 0.505. The molecule has 2 heterocycles. The van der Waals surface area contributed by atoms with Gasteiger partial charge in [0.2, 0.25) is 5.95 Å². The molecule has 0 fully saturated rings. The zero-order valence-corrected chi connectivity index (χ0v) is 17.8. The number of aryl methyl sites for hydroxylation is 2.